The zero-order valence-corrected chi connectivity index (χ0v) is 27.6. The summed E-state index contributed by atoms with van der Waals surface area (Å²) in [5.74, 6) is 0. The van der Waals surface area contributed by atoms with Crippen molar-refractivity contribution in [3.05, 3.63) is 0 Å². The molecular formula is C25H54N2O7Si3. The van der Waals surface area contributed by atoms with Crippen molar-refractivity contribution in [2.75, 3.05) is 46.1 Å². The normalized spacial score (nSPS) is 11.8. The number of aliphatic imine (C=N–C) groups is 2. The molecule has 0 aromatic heterocycles. The highest BCUT2D eigenvalue weighted by atomic mass is 28.5. The molecule has 0 bridgehead atoms. The Balaban J connectivity index is 0. The van der Waals surface area contributed by atoms with E-state index in [0.717, 1.165) is 70.2 Å². The average Bonchev–Trinajstić information content (AvgIpc) is 2.79. The van der Waals surface area contributed by atoms with Crippen LogP contribution in [0.25, 0.3) is 0 Å². The van der Waals surface area contributed by atoms with Crippen LogP contribution in [0.3, 0.4) is 0 Å². The lowest BCUT2D eigenvalue weighted by Gasteiger charge is -2.38. The van der Waals surface area contributed by atoms with Crippen LogP contribution in [0.5, 0.6) is 0 Å². The highest BCUT2D eigenvalue weighted by molar-refractivity contribution is 6.87. The molecule has 12 heteroatoms. The van der Waals surface area contributed by atoms with E-state index in [0.29, 0.717) is 26.3 Å². The van der Waals surface area contributed by atoms with Gasteiger partial charge in [0, 0.05) is 19.8 Å². The third-order valence-electron chi connectivity index (χ3n) is 5.18. The van der Waals surface area contributed by atoms with E-state index in [1.807, 2.05) is 0 Å². The fraction of sp³-hybridized carbons (Fsp3) is 0.920. The molecule has 37 heavy (non-hydrogen) atoms. The maximum Gasteiger partial charge on any atom is 0.311 e. The van der Waals surface area contributed by atoms with Crippen LogP contribution in [0.2, 0.25) is 51.4 Å². The summed E-state index contributed by atoms with van der Waals surface area (Å²) in [5, 5.41) is 8.73. The number of hydrogen-bond acceptors (Lipinski definition) is 9. The summed E-state index contributed by atoms with van der Waals surface area (Å²) in [6, 6.07) is 2.18. The van der Waals surface area contributed by atoms with Crippen molar-refractivity contribution in [3.63, 3.8) is 0 Å². The summed E-state index contributed by atoms with van der Waals surface area (Å²) in [6.07, 6.45) is 9.94. The first-order chi connectivity index (χ1) is 17.4. The Morgan fingerprint density at radius 2 is 1.08 bits per heavy atom. The third kappa shape index (κ3) is 29.6. The maximum atomic E-state index is 9.63. The van der Waals surface area contributed by atoms with Crippen LogP contribution in [0.1, 0.15) is 51.9 Å². The first-order valence-electron chi connectivity index (χ1n) is 13.7. The average molecular weight is 579 g/mol. The van der Waals surface area contributed by atoms with Gasteiger partial charge in [-0.15, -0.1) is 0 Å². The van der Waals surface area contributed by atoms with E-state index in [1.54, 1.807) is 0 Å². The number of isocyanates is 2. The van der Waals surface area contributed by atoms with Crippen molar-refractivity contribution in [1.29, 1.82) is 0 Å². The Hall–Kier alpha value is -0.789. The molecule has 9 nitrogen and oxygen atoms in total. The van der Waals surface area contributed by atoms with Crippen LogP contribution < -0.4 is 0 Å². The number of hydrogen-bond donors (Lipinski definition) is 1. The zero-order valence-electron chi connectivity index (χ0n) is 24.6. The minimum atomic E-state index is -2.12. The molecule has 0 spiro atoms. The second-order valence-corrected chi connectivity index (χ2v) is 23.1. The zero-order chi connectivity index (χ0) is 28.5. The molecule has 0 aromatic carbocycles. The van der Waals surface area contributed by atoms with Gasteiger partial charge in [-0.1, -0.05) is 19.8 Å². The van der Waals surface area contributed by atoms with Crippen LogP contribution in [-0.4, -0.2) is 88.6 Å². The number of carbonyl (C=O) groups excluding carboxylic acids is 2. The molecule has 218 valence electrons. The molecule has 0 saturated carbocycles. The number of aliphatic hydroxyl groups excluding tert-OH is 1. The number of nitrogens with zero attached hydrogens (tertiary/aromatic N) is 2. The third-order valence-corrected chi connectivity index (χ3v) is 16.7. The number of unbranched alkanes of at least 4 members (excludes halogenated alkanes) is 3. The molecule has 0 aromatic rings. The highest BCUT2D eigenvalue weighted by Crippen LogP contribution is 2.26. The minimum Gasteiger partial charge on any atom is -0.437 e. The molecular weight excluding hydrogens is 525 g/mol. The second kappa shape index (κ2) is 24.3. The van der Waals surface area contributed by atoms with E-state index in [2.05, 4.69) is 56.2 Å². The van der Waals surface area contributed by atoms with E-state index in [-0.39, 0.29) is 6.61 Å². The van der Waals surface area contributed by atoms with Gasteiger partial charge in [0.2, 0.25) is 12.2 Å². The van der Waals surface area contributed by atoms with Gasteiger partial charge in [0.05, 0.1) is 26.3 Å². The lowest BCUT2D eigenvalue weighted by atomic mass is 10.2. The Bertz CT molecular complexity index is 588. The molecule has 0 atom stereocenters. The van der Waals surface area contributed by atoms with Crippen LogP contribution in [0.15, 0.2) is 9.98 Å². The van der Waals surface area contributed by atoms with Gasteiger partial charge in [0.25, 0.3) is 0 Å². The predicted molar refractivity (Wildman–Crippen MR) is 157 cm³/mol. The monoisotopic (exact) mass is 578 g/mol. The lowest BCUT2D eigenvalue weighted by Crippen LogP contribution is -2.52. The van der Waals surface area contributed by atoms with Gasteiger partial charge in [-0.2, -0.15) is 0 Å². The summed E-state index contributed by atoms with van der Waals surface area (Å²) in [6.45, 7) is 19.7. The second-order valence-electron chi connectivity index (χ2n) is 10.6. The van der Waals surface area contributed by atoms with Gasteiger partial charge in [0.1, 0.15) is 0 Å². The van der Waals surface area contributed by atoms with Crippen molar-refractivity contribution < 1.29 is 32.4 Å². The van der Waals surface area contributed by atoms with Gasteiger partial charge >= 0.3 is 8.56 Å². The fourth-order valence-corrected chi connectivity index (χ4v) is 17.9. The Morgan fingerprint density at radius 3 is 1.46 bits per heavy atom. The molecule has 0 fully saturated rings. The van der Waals surface area contributed by atoms with Crippen LogP contribution in [-0.2, 0) is 27.3 Å². The van der Waals surface area contributed by atoms with E-state index in [1.165, 1.54) is 12.2 Å². The molecule has 1 N–H and O–H groups in total. The van der Waals surface area contributed by atoms with Crippen LogP contribution in [0, 0.1) is 0 Å². The molecule has 0 radical (unpaired) electrons. The van der Waals surface area contributed by atoms with Gasteiger partial charge in [-0.05, 0) is 83.5 Å². The number of ether oxygens (including phenoxy) is 2. The molecule has 0 aliphatic rings. The largest absolute Gasteiger partial charge is 0.437 e. The summed E-state index contributed by atoms with van der Waals surface area (Å²) < 4.78 is 24.1. The van der Waals surface area contributed by atoms with E-state index < -0.39 is 25.2 Å². The van der Waals surface area contributed by atoms with E-state index in [4.69, 9.17) is 22.8 Å². The Labute approximate surface area is 229 Å². The maximum absolute atomic E-state index is 9.63. The molecule has 0 amide bonds. The van der Waals surface area contributed by atoms with Crippen molar-refractivity contribution in [2.45, 2.75) is 103 Å². The molecule has 0 rings (SSSR count). The highest BCUT2D eigenvalue weighted by Gasteiger charge is 2.39. The summed E-state index contributed by atoms with van der Waals surface area (Å²) in [7, 11) is -5.60. The predicted octanol–water partition coefficient (Wildman–Crippen LogP) is 5.57. The smallest absolute Gasteiger partial charge is 0.311 e. The van der Waals surface area contributed by atoms with Crippen molar-refractivity contribution in [1.82, 2.24) is 0 Å². The topological polar surface area (TPSA) is 116 Å². The molecule has 0 aliphatic heterocycles. The van der Waals surface area contributed by atoms with Crippen molar-refractivity contribution in [3.8, 4) is 0 Å². The first-order valence-corrected chi connectivity index (χ1v) is 22.7. The Kier molecular flexibility index (Phi) is 25.2. The van der Waals surface area contributed by atoms with Crippen LogP contribution in [0.4, 0.5) is 0 Å². The Morgan fingerprint density at radius 1 is 0.649 bits per heavy atom. The number of aliphatic hydroxyl groups is 1. The summed E-state index contributed by atoms with van der Waals surface area (Å²) in [5.41, 5.74) is 0. The van der Waals surface area contributed by atoms with Gasteiger partial charge < -0.3 is 22.8 Å². The lowest BCUT2D eigenvalue weighted by molar-refractivity contribution is 0.0923. The first kappa shape index (κ1) is 38.4. The minimum absolute atomic E-state index is 0.0916. The molecule has 0 aliphatic carbocycles. The molecule has 0 heterocycles. The standard InChI is InChI=1S/C17H42O5Si3.C8H12N2O2/c1-8-12-19-13-9-16-23(2,3)21-25(6,7)22-24(4,5)17-10-14-20-15-11-18;11-7-9-5-3-1-2-4-6-10-8-12/h18H,8-17H2,1-7H3;1-6H2. The fourth-order valence-electron chi connectivity index (χ4n) is 3.89. The van der Waals surface area contributed by atoms with E-state index in [9.17, 15) is 9.59 Å². The van der Waals surface area contributed by atoms with Gasteiger partial charge in [-0.3, -0.25) is 0 Å². The molecule has 0 unspecified atom stereocenters. The van der Waals surface area contributed by atoms with Gasteiger partial charge in [-0.25, -0.2) is 19.6 Å². The molecule has 0 saturated heterocycles. The van der Waals surface area contributed by atoms with Gasteiger partial charge in [0.15, 0.2) is 16.6 Å². The van der Waals surface area contributed by atoms with Crippen LogP contribution >= 0.6 is 0 Å². The quantitative estimate of drug-likeness (QED) is 0.0729. The summed E-state index contributed by atoms with van der Waals surface area (Å²) in [4.78, 5) is 26.1. The van der Waals surface area contributed by atoms with Crippen molar-refractivity contribution >= 4 is 37.4 Å². The SMILES string of the molecule is CCCOCCC[Si](C)(C)O[Si](C)(C)O[Si](C)(C)CCCOCCO.O=C=NCCCCCCN=C=O. The van der Waals surface area contributed by atoms with Crippen molar-refractivity contribution in [2.24, 2.45) is 9.98 Å². The number of rotatable bonds is 23. The summed E-state index contributed by atoms with van der Waals surface area (Å²) >= 11 is 0. The van der Waals surface area contributed by atoms with E-state index >= 15 is 0 Å².